The molecule has 0 radical (unpaired) electrons. The van der Waals surface area contributed by atoms with Crippen molar-refractivity contribution < 1.29 is 47.5 Å². The van der Waals surface area contributed by atoms with Gasteiger partial charge in [0.25, 0.3) is 5.56 Å². The standard InChI is InChI=1S/C22H23F3N8O10/c23-10-5-33(20(39)28-17(10)37)15-3-11(35)12(42-15)6-31-4-9(29-30-31)8-41-21(40)27-14-1-2-32(19(38)26-14)18-22(24,25)16(36)13(7-34)43-18/h1-2,4-5,11-13,15-16,18,34-36H,3,6-8H2,(H,28,37,39)(H,26,27,38,40)/t11-,12+,13+,15+,16+,18+/m0/s1. The number of aromatic nitrogens is 7. The zero-order chi connectivity index (χ0) is 31.1. The van der Waals surface area contributed by atoms with E-state index >= 15 is 0 Å². The highest BCUT2D eigenvalue weighted by Gasteiger charge is 2.59. The Hall–Kier alpha value is -4.44. The van der Waals surface area contributed by atoms with Crippen molar-refractivity contribution >= 4 is 11.9 Å². The predicted molar refractivity (Wildman–Crippen MR) is 130 cm³/mol. The number of anilines is 1. The van der Waals surface area contributed by atoms with Crippen molar-refractivity contribution in [1.29, 1.82) is 0 Å². The average molecular weight is 616 g/mol. The summed E-state index contributed by atoms with van der Waals surface area (Å²) in [6.07, 6.45) is -7.53. The minimum atomic E-state index is -3.91. The fourth-order valence-electron chi connectivity index (χ4n) is 4.46. The highest BCUT2D eigenvalue weighted by Crippen LogP contribution is 2.42. The largest absolute Gasteiger partial charge is 0.443 e. The van der Waals surface area contributed by atoms with E-state index in [1.807, 2.05) is 0 Å². The quantitative estimate of drug-likeness (QED) is 0.181. The van der Waals surface area contributed by atoms with Crippen LogP contribution in [0.4, 0.5) is 23.8 Å². The van der Waals surface area contributed by atoms with Crippen LogP contribution in [-0.4, -0.2) is 92.5 Å². The van der Waals surface area contributed by atoms with Gasteiger partial charge in [0.05, 0.1) is 31.6 Å². The smallest absolute Gasteiger partial charge is 0.413 e. The molecule has 43 heavy (non-hydrogen) atoms. The summed E-state index contributed by atoms with van der Waals surface area (Å²) in [7, 11) is 0. The topological polar surface area (TPSA) is 238 Å². The molecule has 0 unspecified atom stereocenters. The highest BCUT2D eigenvalue weighted by atomic mass is 19.3. The van der Waals surface area contributed by atoms with E-state index in [1.54, 1.807) is 4.98 Å². The number of H-pyrrole nitrogens is 1. The molecule has 21 heteroatoms. The molecule has 5 heterocycles. The Morgan fingerprint density at radius 1 is 1.19 bits per heavy atom. The van der Waals surface area contributed by atoms with Crippen molar-refractivity contribution in [1.82, 2.24) is 34.1 Å². The Morgan fingerprint density at radius 3 is 2.65 bits per heavy atom. The molecule has 18 nitrogen and oxygen atoms in total. The third-order valence-corrected chi connectivity index (χ3v) is 6.62. The summed E-state index contributed by atoms with van der Waals surface area (Å²) in [6, 6.07) is 1.01. The first-order chi connectivity index (χ1) is 20.4. The molecule has 0 bridgehead atoms. The minimum absolute atomic E-state index is 0.0580. The van der Waals surface area contributed by atoms with Crippen LogP contribution in [0.1, 0.15) is 24.6 Å². The van der Waals surface area contributed by atoms with Gasteiger partial charge in [0.2, 0.25) is 12.0 Å². The lowest BCUT2D eigenvalue weighted by Crippen LogP contribution is -2.41. The number of aromatic amines is 1. The van der Waals surface area contributed by atoms with E-state index in [0.717, 1.165) is 16.8 Å². The molecule has 3 aromatic rings. The Morgan fingerprint density at radius 2 is 1.95 bits per heavy atom. The number of carbonyl (C=O) groups excluding carboxylic acids is 1. The Kier molecular flexibility index (Phi) is 8.16. The van der Waals surface area contributed by atoms with Crippen LogP contribution in [0.2, 0.25) is 0 Å². The third kappa shape index (κ3) is 6.06. The second kappa shape index (κ2) is 11.7. The van der Waals surface area contributed by atoms with Crippen LogP contribution in [0.3, 0.4) is 0 Å². The van der Waals surface area contributed by atoms with E-state index in [1.165, 1.54) is 10.9 Å². The number of alkyl halides is 2. The van der Waals surface area contributed by atoms with E-state index in [0.29, 0.717) is 10.8 Å². The Balaban J connectivity index is 1.14. The number of hydrogen-bond donors (Lipinski definition) is 5. The average Bonchev–Trinajstić information content (AvgIpc) is 3.62. The second-order valence-electron chi connectivity index (χ2n) is 9.54. The lowest BCUT2D eigenvalue weighted by atomic mass is 10.1. The SMILES string of the molecule is O=C(Nc1ccn([C@@H]2O[C@H](CO)[C@@H](O)C2(F)F)c(=O)n1)OCc1cn(C[C@H]2O[C@@H](n3cc(F)c(=O)[nH]c3=O)C[C@@H]2O)nn1. The normalized spacial score (nSPS) is 26.5. The molecule has 2 saturated heterocycles. The molecule has 0 saturated carbocycles. The molecule has 1 amide bonds. The van der Waals surface area contributed by atoms with Gasteiger partial charge in [0.15, 0.2) is 6.10 Å². The first kappa shape index (κ1) is 30.0. The molecule has 2 fully saturated rings. The van der Waals surface area contributed by atoms with Gasteiger partial charge in [0, 0.05) is 12.6 Å². The number of aliphatic hydroxyl groups excluding tert-OH is 3. The van der Waals surface area contributed by atoms with E-state index < -0.39 is 84.9 Å². The minimum Gasteiger partial charge on any atom is -0.443 e. The van der Waals surface area contributed by atoms with E-state index in [4.69, 9.17) is 19.3 Å². The summed E-state index contributed by atoms with van der Waals surface area (Å²) in [5.74, 6) is -5.46. The lowest BCUT2D eigenvalue weighted by Gasteiger charge is -2.21. The molecular weight excluding hydrogens is 593 g/mol. The summed E-state index contributed by atoms with van der Waals surface area (Å²) in [5.41, 5.74) is -3.20. The number of nitrogens with zero attached hydrogens (tertiary/aromatic N) is 6. The molecule has 0 spiro atoms. The van der Waals surface area contributed by atoms with Gasteiger partial charge in [-0.3, -0.25) is 24.2 Å². The van der Waals surface area contributed by atoms with E-state index in [9.17, 15) is 42.6 Å². The van der Waals surface area contributed by atoms with Gasteiger partial charge in [-0.1, -0.05) is 5.21 Å². The fraction of sp³-hybridized carbons (Fsp3) is 0.500. The zero-order valence-corrected chi connectivity index (χ0v) is 21.6. The van der Waals surface area contributed by atoms with Crippen molar-refractivity contribution in [2.75, 3.05) is 11.9 Å². The molecule has 5 N–H and O–H groups in total. The van der Waals surface area contributed by atoms with Crippen molar-refractivity contribution in [3.63, 3.8) is 0 Å². The van der Waals surface area contributed by atoms with E-state index in [-0.39, 0.29) is 24.5 Å². The van der Waals surface area contributed by atoms with E-state index in [2.05, 4.69) is 20.6 Å². The van der Waals surface area contributed by atoms with Gasteiger partial charge in [0.1, 0.15) is 36.6 Å². The lowest BCUT2D eigenvalue weighted by molar-refractivity contribution is -0.140. The number of carbonyl (C=O) groups is 1. The summed E-state index contributed by atoms with van der Waals surface area (Å²) in [6.45, 7) is -1.37. The van der Waals surface area contributed by atoms with Gasteiger partial charge in [-0.15, -0.1) is 5.10 Å². The second-order valence-corrected chi connectivity index (χ2v) is 9.54. The monoisotopic (exact) mass is 616 g/mol. The van der Waals surface area contributed by atoms with Gasteiger partial charge in [-0.25, -0.2) is 19.1 Å². The summed E-state index contributed by atoms with van der Waals surface area (Å²) >= 11 is 0. The molecule has 3 aromatic heterocycles. The number of amides is 1. The molecule has 232 valence electrons. The number of nitrogens with one attached hydrogen (secondary N) is 2. The van der Waals surface area contributed by atoms with Crippen LogP contribution in [-0.2, 0) is 27.4 Å². The van der Waals surface area contributed by atoms with Crippen LogP contribution >= 0.6 is 0 Å². The predicted octanol–water partition coefficient (Wildman–Crippen LogP) is -2.19. The summed E-state index contributed by atoms with van der Waals surface area (Å²) < 4.78 is 60.2. The van der Waals surface area contributed by atoms with Crippen LogP contribution in [0.15, 0.2) is 39.0 Å². The van der Waals surface area contributed by atoms with Gasteiger partial charge in [-0.05, 0) is 6.07 Å². The molecule has 2 aliphatic heterocycles. The van der Waals surface area contributed by atoms with Crippen molar-refractivity contribution in [2.45, 2.75) is 62.4 Å². The van der Waals surface area contributed by atoms with Crippen LogP contribution in [0.25, 0.3) is 0 Å². The molecule has 2 aliphatic rings. The Bertz CT molecular complexity index is 1680. The van der Waals surface area contributed by atoms with Gasteiger partial charge in [-0.2, -0.15) is 18.2 Å². The maximum absolute atomic E-state index is 14.3. The molecular formula is C22H23F3N8O10. The Labute approximate surface area is 235 Å². The maximum Gasteiger partial charge on any atom is 0.413 e. The van der Waals surface area contributed by atoms with Crippen molar-refractivity contribution in [3.8, 4) is 0 Å². The van der Waals surface area contributed by atoms with Crippen molar-refractivity contribution in [2.24, 2.45) is 0 Å². The molecule has 0 aliphatic carbocycles. The highest BCUT2D eigenvalue weighted by molar-refractivity contribution is 5.83. The summed E-state index contributed by atoms with van der Waals surface area (Å²) in [5, 5.41) is 38.8. The summed E-state index contributed by atoms with van der Waals surface area (Å²) in [4.78, 5) is 53.0. The number of ether oxygens (including phenoxy) is 3. The number of hydrogen-bond acceptors (Lipinski definition) is 13. The van der Waals surface area contributed by atoms with Gasteiger partial charge < -0.3 is 29.5 Å². The fourth-order valence-corrected chi connectivity index (χ4v) is 4.46. The maximum atomic E-state index is 14.3. The van der Waals surface area contributed by atoms with Crippen LogP contribution < -0.4 is 22.3 Å². The van der Waals surface area contributed by atoms with Gasteiger partial charge >= 0.3 is 23.4 Å². The third-order valence-electron chi connectivity index (χ3n) is 6.62. The van der Waals surface area contributed by atoms with Crippen LogP contribution in [0, 0.1) is 5.82 Å². The first-order valence-electron chi connectivity index (χ1n) is 12.5. The first-order valence-corrected chi connectivity index (χ1v) is 12.5. The zero-order valence-electron chi connectivity index (χ0n) is 21.6. The molecule has 6 atom stereocenters. The number of aliphatic hydroxyl groups is 3. The van der Waals surface area contributed by atoms with Crippen molar-refractivity contribution in [3.05, 3.63) is 67.5 Å². The number of halogens is 3. The molecule has 5 rings (SSSR count). The van der Waals surface area contributed by atoms with Crippen LogP contribution in [0.5, 0.6) is 0 Å². The molecule has 0 aromatic carbocycles. The number of rotatable bonds is 8.